The first-order chi connectivity index (χ1) is 10.8. The number of carbonyl (C=O) groups excluding carboxylic acids is 1. The third kappa shape index (κ3) is 3.95. The SMILES string of the molecule is O=C(Cc1ccc(-c2ccccc2)cc1)NC[C@H]1CCOC1. The van der Waals surface area contributed by atoms with Gasteiger partial charge in [0.05, 0.1) is 13.0 Å². The van der Waals surface area contributed by atoms with E-state index in [4.69, 9.17) is 4.74 Å². The van der Waals surface area contributed by atoms with Gasteiger partial charge in [-0.05, 0) is 23.1 Å². The highest BCUT2D eigenvalue weighted by Gasteiger charge is 2.16. The molecule has 0 radical (unpaired) electrons. The number of hydrogen-bond donors (Lipinski definition) is 1. The summed E-state index contributed by atoms with van der Waals surface area (Å²) in [5.74, 6) is 0.559. The van der Waals surface area contributed by atoms with Crippen LogP contribution in [-0.4, -0.2) is 25.7 Å². The van der Waals surface area contributed by atoms with E-state index in [-0.39, 0.29) is 5.91 Å². The number of benzene rings is 2. The third-order valence-corrected chi connectivity index (χ3v) is 4.04. The maximum absolute atomic E-state index is 12.0. The first kappa shape index (κ1) is 14.8. The summed E-state index contributed by atoms with van der Waals surface area (Å²) >= 11 is 0. The molecule has 1 heterocycles. The largest absolute Gasteiger partial charge is 0.381 e. The molecule has 1 atom stereocenters. The molecule has 0 bridgehead atoms. The Hall–Kier alpha value is -2.13. The summed E-state index contributed by atoms with van der Waals surface area (Å²) < 4.78 is 5.31. The summed E-state index contributed by atoms with van der Waals surface area (Å²) in [6.07, 6.45) is 1.48. The van der Waals surface area contributed by atoms with Crippen LogP contribution in [0.15, 0.2) is 54.6 Å². The van der Waals surface area contributed by atoms with E-state index < -0.39 is 0 Å². The van der Waals surface area contributed by atoms with Gasteiger partial charge in [-0.3, -0.25) is 4.79 Å². The predicted octanol–water partition coefficient (Wildman–Crippen LogP) is 3.05. The van der Waals surface area contributed by atoms with Crippen LogP contribution in [0.4, 0.5) is 0 Å². The second-order valence-corrected chi connectivity index (χ2v) is 5.77. The van der Waals surface area contributed by atoms with Crippen molar-refractivity contribution in [1.29, 1.82) is 0 Å². The predicted molar refractivity (Wildman–Crippen MR) is 87.5 cm³/mol. The molecule has 1 aliphatic heterocycles. The maximum atomic E-state index is 12.0. The molecule has 0 aromatic heterocycles. The Balaban J connectivity index is 1.53. The monoisotopic (exact) mass is 295 g/mol. The van der Waals surface area contributed by atoms with Crippen molar-refractivity contribution in [3.8, 4) is 11.1 Å². The molecule has 3 nitrogen and oxygen atoms in total. The van der Waals surface area contributed by atoms with Gasteiger partial charge in [-0.15, -0.1) is 0 Å². The Morgan fingerprint density at radius 1 is 1.05 bits per heavy atom. The molecule has 22 heavy (non-hydrogen) atoms. The van der Waals surface area contributed by atoms with Gasteiger partial charge in [0.25, 0.3) is 0 Å². The zero-order chi connectivity index (χ0) is 15.2. The van der Waals surface area contributed by atoms with Gasteiger partial charge in [-0.25, -0.2) is 0 Å². The number of nitrogens with one attached hydrogen (secondary N) is 1. The average molecular weight is 295 g/mol. The molecule has 3 rings (SSSR count). The smallest absolute Gasteiger partial charge is 0.224 e. The Labute approximate surface area is 131 Å². The van der Waals surface area contributed by atoms with Crippen molar-refractivity contribution in [2.24, 2.45) is 5.92 Å². The minimum atomic E-state index is 0.0827. The first-order valence-electron chi connectivity index (χ1n) is 7.80. The molecule has 0 unspecified atom stereocenters. The van der Waals surface area contributed by atoms with Crippen molar-refractivity contribution >= 4 is 5.91 Å². The highest BCUT2D eigenvalue weighted by atomic mass is 16.5. The highest BCUT2D eigenvalue weighted by molar-refractivity contribution is 5.78. The lowest BCUT2D eigenvalue weighted by molar-refractivity contribution is -0.120. The number of hydrogen-bond acceptors (Lipinski definition) is 2. The lowest BCUT2D eigenvalue weighted by Crippen LogP contribution is -2.30. The van der Waals surface area contributed by atoms with Crippen molar-refractivity contribution < 1.29 is 9.53 Å². The summed E-state index contributed by atoms with van der Waals surface area (Å²) in [4.78, 5) is 12.0. The normalized spacial score (nSPS) is 17.4. The van der Waals surface area contributed by atoms with Gasteiger partial charge in [0.15, 0.2) is 0 Å². The van der Waals surface area contributed by atoms with E-state index >= 15 is 0 Å². The van der Waals surface area contributed by atoms with Crippen molar-refractivity contribution in [2.75, 3.05) is 19.8 Å². The Morgan fingerprint density at radius 3 is 2.45 bits per heavy atom. The van der Waals surface area contributed by atoms with Crippen LogP contribution >= 0.6 is 0 Å². The molecule has 114 valence electrons. The van der Waals surface area contributed by atoms with E-state index in [0.29, 0.717) is 12.3 Å². The fourth-order valence-electron chi connectivity index (χ4n) is 2.70. The molecule has 1 aliphatic rings. The zero-order valence-electron chi connectivity index (χ0n) is 12.6. The quantitative estimate of drug-likeness (QED) is 0.920. The minimum absolute atomic E-state index is 0.0827. The number of carbonyl (C=O) groups is 1. The topological polar surface area (TPSA) is 38.3 Å². The van der Waals surface area contributed by atoms with Crippen LogP contribution in [0, 0.1) is 5.92 Å². The van der Waals surface area contributed by atoms with Crippen molar-refractivity contribution in [3.05, 3.63) is 60.2 Å². The van der Waals surface area contributed by atoms with Gasteiger partial charge in [-0.2, -0.15) is 0 Å². The summed E-state index contributed by atoms with van der Waals surface area (Å²) in [6.45, 7) is 2.31. The first-order valence-corrected chi connectivity index (χ1v) is 7.80. The molecule has 1 amide bonds. The Morgan fingerprint density at radius 2 is 1.77 bits per heavy atom. The lowest BCUT2D eigenvalue weighted by Gasteiger charge is -2.10. The van der Waals surface area contributed by atoms with Gasteiger partial charge >= 0.3 is 0 Å². The van der Waals surface area contributed by atoms with Gasteiger partial charge < -0.3 is 10.1 Å². The average Bonchev–Trinajstić information content (AvgIpc) is 3.08. The molecule has 0 aliphatic carbocycles. The molecule has 0 saturated carbocycles. The molecular formula is C19H21NO2. The number of ether oxygens (including phenoxy) is 1. The van der Waals surface area contributed by atoms with Crippen LogP contribution in [0.25, 0.3) is 11.1 Å². The van der Waals surface area contributed by atoms with E-state index in [1.54, 1.807) is 0 Å². The van der Waals surface area contributed by atoms with Crippen LogP contribution < -0.4 is 5.32 Å². The molecule has 1 fully saturated rings. The van der Waals surface area contributed by atoms with Crippen molar-refractivity contribution in [3.63, 3.8) is 0 Å². The molecule has 0 spiro atoms. The van der Waals surface area contributed by atoms with Crippen molar-refractivity contribution in [1.82, 2.24) is 5.32 Å². The fourth-order valence-corrected chi connectivity index (χ4v) is 2.70. The van der Waals surface area contributed by atoms with Crippen LogP contribution in [0.1, 0.15) is 12.0 Å². The molecule has 1 saturated heterocycles. The van der Waals surface area contributed by atoms with Crippen LogP contribution in [0.3, 0.4) is 0 Å². The van der Waals surface area contributed by atoms with Crippen LogP contribution in [0.2, 0.25) is 0 Å². The summed E-state index contributed by atoms with van der Waals surface area (Å²) in [5, 5.41) is 3.00. The highest BCUT2D eigenvalue weighted by Crippen LogP contribution is 2.19. The number of amides is 1. The van der Waals surface area contributed by atoms with E-state index in [0.717, 1.165) is 31.7 Å². The van der Waals surface area contributed by atoms with Crippen molar-refractivity contribution in [2.45, 2.75) is 12.8 Å². The summed E-state index contributed by atoms with van der Waals surface area (Å²) in [7, 11) is 0. The van der Waals surface area contributed by atoms with Crippen LogP contribution in [0.5, 0.6) is 0 Å². The molecule has 2 aromatic rings. The Kier molecular flexibility index (Phi) is 4.86. The lowest BCUT2D eigenvalue weighted by atomic mass is 10.0. The minimum Gasteiger partial charge on any atom is -0.381 e. The fraction of sp³-hybridized carbons (Fsp3) is 0.316. The molecular weight excluding hydrogens is 274 g/mol. The van der Waals surface area contributed by atoms with E-state index in [1.165, 1.54) is 11.1 Å². The third-order valence-electron chi connectivity index (χ3n) is 4.04. The maximum Gasteiger partial charge on any atom is 0.224 e. The van der Waals surface area contributed by atoms with E-state index in [9.17, 15) is 4.79 Å². The van der Waals surface area contributed by atoms with E-state index in [2.05, 4.69) is 29.6 Å². The second kappa shape index (κ2) is 7.23. The van der Waals surface area contributed by atoms with Gasteiger partial charge in [-0.1, -0.05) is 54.6 Å². The molecule has 2 aromatic carbocycles. The van der Waals surface area contributed by atoms with E-state index in [1.807, 2.05) is 30.3 Å². The molecule has 3 heteroatoms. The Bertz CT molecular complexity index is 601. The number of rotatable bonds is 5. The standard InChI is InChI=1S/C19H21NO2/c21-19(20-13-16-10-11-22-14-16)12-15-6-8-18(9-7-15)17-4-2-1-3-5-17/h1-9,16H,10-14H2,(H,20,21)/t16-/m1/s1. The van der Waals surface area contributed by atoms with Crippen LogP contribution in [-0.2, 0) is 16.0 Å². The van der Waals surface area contributed by atoms with Gasteiger partial charge in [0.2, 0.25) is 5.91 Å². The van der Waals surface area contributed by atoms with Gasteiger partial charge in [0.1, 0.15) is 0 Å². The van der Waals surface area contributed by atoms with Gasteiger partial charge in [0, 0.05) is 19.1 Å². The molecule has 1 N–H and O–H groups in total. The summed E-state index contributed by atoms with van der Waals surface area (Å²) in [5.41, 5.74) is 3.41. The summed E-state index contributed by atoms with van der Waals surface area (Å²) in [6, 6.07) is 18.5. The second-order valence-electron chi connectivity index (χ2n) is 5.77. The zero-order valence-corrected chi connectivity index (χ0v) is 12.6.